The van der Waals surface area contributed by atoms with E-state index in [1.165, 1.54) is 42.5 Å². The molecular formula is C26H18Cl2F3N3O5S2. The average molecular weight is 644 g/mol. The molecule has 4 aromatic rings. The smallest absolute Gasteiger partial charge is 0.322 e. The summed E-state index contributed by atoms with van der Waals surface area (Å²) in [5.41, 5.74) is -1.22. The molecule has 0 aromatic heterocycles. The molecule has 4 aromatic carbocycles. The summed E-state index contributed by atoms with van der Waals surface area (Å²) in [7, 11) is -8.16. The molecule has 41 heavy (non-hydrogen) atoms. The maximum atomic E-state index is 13.1. The van der Waals surface area contributed by atoms with Crippen LogP contribution >= 0.6 is 23.2 Å². The summed E-state index contributed by atoms with van der Waals surface area (Å²) in [6.45, 7) is 0. The fourth-order valence-electron chi connectivity index (χ4n) is 3.51. The Balaban J connectivity index is 1.45. The molecule has 214 valence electrons. The molecule has 0 fully saturated rings. The second-order valence-electron chi connectivity index (χ2n) is 8.39. The molecule has 0 saturated carbocycles. The Morgan fingerprint density at radius 3 is 1.71 bits per heavy atom. The van der Waals surface area contributed by atoms with E-state index in [1.807, 2.05) is 0 Å². The van der Waals surface area contributed by atoms with Crippen LogP contribution in [0, 0.1) is 0 Å². The minimum absolute atomic E-state index is 0.0101. The molecule has 3 N–H and O–H groups in total. The van der Waals surface area contributed by atoms with Crippen molar-refractivity contribution < 1.29 is 34.8 Å². The zero-order chi connectivity index (χ0) is 30.0. The molecule has 15 heteroatoms. The largest absolute Gasteiger partial charge is 0.417 e. The van der Waals surface area contributed by atoms with E-state index in [2.05, 4.69) is 14.8 Å². The van der Waals surface area contributed by atoms with E-state index in [9.17, 15) is 34.8 Å². The van der Waals surface area contributed by atoms with Gasteiger partial charge in [-0.3, -0.25) is 14.2 Å². The first kappa shape index (κ1) is 30.2. The number of alkyl halides is 3. The zero-order valence-electron chi connectivity index (χ0n) is 20.4. The Kier molecular flexibility index (Phi) is 8.54. The van der Waals surface area contributed by atoms with Gasteiger partial charge in [0.25, 0.3) is 26.0 Å². The Bertz CT molecular complexity index is 1820. The molecule has 0 atom stereocenters. The lowest BCUT2D eigenvalue weighted by Gasteiger charge is -2.13. The number of anilines is 3. The highest BCUT2D eigenvalue weighted by atomic mass is 35.5. The minimum Gasteiger partial charge on any atom is -0.322 e. The summed E-state index contributed by atoms with van der Waals surface area (Å²) in [5.74, 6) is -0.665. The van der Waals surface area contributed by atoms with Gasteiger partial charge >= 0.3 is 6.18 Å². The van der Waals surface area contributed by atoms with Crippen LogP contribution in [0.2, 0.25) is 10.0 Å². The first-order valence-electron chi connectivity index (χ1n) is 11.3. The first-order chi connectivity index (χ1) is 19.2. The van der Waals surface area contributed by atoms with Crippen LogP contribution < -0.4 is 14.8 Å². The molecule has 4 rings (SSSR count). The van der Waals surface area contributed by atoms with Crippen molar-refractivity contribution in [2.45, 2.75) is 16.0 Å². The number of hydrogen-bond donors (Lipinski definition) is 3. The summed E-state index contributed by atoms with van der Waals surface area (Å²) in [6, 6.07) is 19.0. The number of hydrogen-bond acceptors (Lipinski definition) is 5. The molecule has 8 nitrogen and oxygen atoms in total. The van der Waals surface area contributed by atoms with Crippen molar-refractivity contribution in [1.29, 1.82) is 0 Å². The summed E-state index contributed by atoms with van der Waals surface area (Å²) in [4.78, 5) is 12.5. The molecule has 0 radical (unpaired) electrons. The highest BCUT2D eigenvalue weighted by Crippen LogP contribution is 2.36. The summed E-state index contributed by atoms with van der Waals surface area (Å²) in [6.07, 6.45) is -4.78. The van der Waals surface area contributed by atoms with Gasteiger partial charge in [0, 0.05) is 11.4 Å². The Labute approximate surface area is 243 Å². The zero-order valence-corrected chi connectivity index (χ0v) is 23.6. The lowest BCUT2D eigenvalue weighted by molar-refractivity contribution is -0.137. The van der Waals surface area contributed by atoms with E-state index < -0.39 is 42.7 Å². The van der Waals surface area contributed by atoms with Crippen LogP contribution in [-0.2, 0) is 26.2 Å². The minimum atomic E-state index is -4.78. The average Bonchev–Trinajstić information content (AvgIpc) is 2.89. The monoisotopic (exact) mass is 643 g/mol. The Morgan fingerprint density at radius 1 is 0.634 bits per heavy atom. The van der Waals surface area contributed by atoms with Crippen molar-refractivity contribution in [2.24, 2.45) is 0 Å². The van der Waals surface area contributed by atoms with Crippen molar-refractivity contribution in [3.8, 4) is 0 Å². The lowest BCUT2D eigenvalue weighted by atomic mass is 10.2. The van der Waals surface area contributed by atoms with Crippen molar-refractivity contribution >= 4 is 66.2 Å². The predicted octanol–water partition coefficient (Wildman–Crippen LogP) is 6.87. The lowest BCUT2D eigenvalue weighted by Crippen LogP contribution is -2.16. The number of nitrogens with one attached hydrogen (secondary N) is 3. The number of halogens is 5. The molecule has 0 unspecified atom stereocenters. The highest BCUT2D eigenvalue weighted by molar-refractivity contribution is 7.93. The van der Waals surface area contributed by atoms with Crippen molar-refractivity contribution in [3.63, 3.8) is 0 Å². The van der Waals surface area contributed by atoms with Gasteiger partial charge in [0.2, 0.25) is 0 Å². The quantitative estimate of drug-likeness (QED) is 0.193. The molecule has 0 aliphatic heterocycles. The Hall–Kier alpha value is -3.78. The molecule has 0 heterocycles. The topological polar surface area (TPSA) is 121 Å². The molecular weight excluding hydrogens is 626 g/mol. The van der Waals surface area contributed by atoms with Crippen LogP contribution in [0.15, 0.2) is 101 Å². The van der Waals surface area contributed by atoms with Crippen LogP contribution in [0.3, 0.4) is 0 Å². The molecule has 0 spiro atoms. The van der Waals surface area contributed by atoms with Crippen LogP contribution in [0.25, 0.3) is 0 Å². The van der Waals surface area contributed by atoms with Gasteiger partial charge in [-0.1, -0.05) is 41.4 Å². The molecule has 0 aliphatic rings. The summed E-state index contributed by atoms with van der Waals surface area (Å²) in [5, 5.41) is 1.90. The first-order valence-corrected chi connectivity index (χ1v) is 15.1. The van der Waals surface area contributed by atoms with Crippen LogP contribution in [0.4, 0.5) is 30.2 Å². The van der Waals surface area contributed by atoms with Crippen LogP contribution in [0.5, 0.6) is 0 Å². The molecule has 0 bridgehead atoms. The van der Waals surface area contributed by atoms with Crippen molar-refractivity contribution in [1.82, 2.24) is 0 Å². The third kappa shape index (κ3) is 7.30. The normalized spacial score (nSPS) is 12.0. The van der Waals surface area contributed by atoms with Crippen molar-refractivity contribution in [2.75, 3.05) is 14.8 Å². The fraction of sp³-hybridized carbons (Fsp3) is 0.0385. The molecule has 1 amide bonds. The van der Waals surface area contributed by atoms with E-state index in [0.717, 1.165) is 24.3 Å². The maximum absolute atomic E-state index is 13.1. The number of benzene rings is 4. The van der Waals surface area contributed by atoms with Gasteiger partial charge in [0.1, 0.15) is 0 Å². The van der Waals surface area contributed by atoms with Gasteiger partial charge in [-0.05, 0) is 72.8 Å². The highest BCUT2D eigenvalue weighted by Gasteiger charge is 2.33. The standard InChI is InChI=1S/C26H18Cl2F3N3O5S2/c27-23-13-9-17(14-22(23)26(29,30)31)33-41(38,39)20-10-6-16(7-11-20)32-25(35)21-12-8-18(15-24(21)28)34-40(36,37)19-4-2-1-3-5-19/h1-15,33-34H,(H,32,35). The van der Waals surface area contributed by atoms with Gasteiger partial charge < -0.3 is 5.32 Å². The Morgan fingerprint density at radius 2 is 1.15 bits per heavy atom. The number of carbonyl (C=O) groups is 1. The third-order valence-electron chi connectivity index (χ3n) is 5.47. The number of sulfonamides is 2. The number of amides is 1. The van der Waals surface area contributed by atoms with Gasteiger partial charge in [0.15, 0.2) is 0 Å². The van der Waals surface area contributed by atoms with E-state index in [-0.39, 0.29) is 37.4 Å². The van der Waals surface area contributed by atoms with E-state index in [1.54, 1.807) is 18.2 Å². The van der Waals surface area contributed by atoms with E-state index >= 15 is 0 Å². The molecule has 0 saturated heterocycles. The number of carbonyl (C=O) groups excluding carboxylic acids is 1. The van der Waals surface area contributed by atoms with E-state index in [4.69, 9.17) is 23.2 Å². The van der Waals surface area contributed by atoms with Gasteiger partial charge in [-0.15, -0.1) is 0 Å². The third-order valence-corrected chi connectivity index (χ3v) is 8.90. The fourth-order valence-corrected chi connectivity index (χ4v) is 6.12. The van der Waals surface area contributed by atoms with E-state index in [0.29, 0.717) is 6.07 Å². The maximum Gasteiger partial charge on any atom is 0.417 e. The predicted molar refractivity (Wildman–Crippen MR) is 150 cm³/mol. The summed E-state index contributed by atoms with van der Waals surface area (Å²) < 4.78 is 94.1. The molecule has 0 aliphatic carbocycles. The van der Waals surface area contributed by atoms with Crippen molar-refractivity contribution in [3.05, 3.63) is 112 Å². The SMILES string of the molecule is O=C(Nc1ccc(S(=O)(=O)Nc2ccc(Cl)c(C(F)(F)F)c2)cc1)c1ccc(NS(=O)(=O)c2ccccc2)cc1Cl. The second-order valence-corrected chi connectivity index (χ2v) is 12.6. The van der Waals surface area contributed by atoms with Crippen LogP contribution in [-0.4, -0.2) is 22.7 Å². The second kappa shape index (κ2) is 11.6. The van der Waals surface area contributed by atoms with Crippen LogP contribution in [0.1, 0.15) is 15.9 Å². The summed E-state index contributed by atoms with van der Waals surface area (Å²) >= 11 is 11.8. The van der Waals surface area contributed by atoms with Gasteiger partial charge in [-0.2, -0.15) is 13.2 Å². The van der Waals surface area contributed by atoms with Gasteiger partial charge in [-0.25, -0.2) is 16.8 Å². The van der Waals surface area contributed by atoms with Gasteiger partial charge in [0.05, 0.1) is 36.7 Å². The number of rotatable bonds is 8.